The monoisotopic (exact) mass is 282 g/mol. The third-order valence-corrected chi connectivity index (χ3v) is 3.01. The first-order chi connectivity index (χ1) is 10.2. The summed E-state index contributed by atoms with van der Waals surface area (Å²) in [5.41, 5.74) is 7.27. The summed E-state index contributed by atoms with van der Waals surface area (Å²) in [7, 11) is 0. The smallest absolute Gasteiger partial charge is 0.280 e. The van der Waals surface area contributed by atoms with Crippen LogP contribution >= 0.6 is 0 Å². The van der Waals surface area contributed by atoms with Crippen molar-refractivity contribution in [3.8, 4) is 22.5 Å². The van der Waals surface area contributed by atoms with Gasteiger partial charge in [-0.1, -0.05) is 23.4 Å². The van der Waals surface area contributed by atoms with E-state index in [1.165, 1.54) is 6.07 Å². The van der Waals surface area contributed by atoms with E-state index in [-0.39, 0.29) is 17.3 Å². The molecule has 1 aromatic carbocycles. The molecular formula is C14H10N4O3. The van der Waals surface area contributed by atoms with Gasteiger partial charge in [0, 0.05) is 24.0 Å². The van der Waals surface area contributed by atoms with Gasteiger partial charge in [-0.05, 0) is 12.1 Å². The minimum Gasteiger partial charge on any atom is -0.380 e. The molecule has 0 radical (unpaired) electrons. The Morgan fingerprint density at radius 3 is 2.71 bits per heavy atom. The zero-order valence-electron chi connectivity index (χ0n) is 10.8. The van der Waals surface area contributed by atoms with Gasteiger partial charge in [-0.15, -0.1) is 0 Å². The molecule has 0 fully saturated rings. The number of nitro groups is 1. The molecule has 0 aliphatic rings. The maximum Gasteiger partial charge on any atom is 0.280 e. The topological polar surface area (TPSA) is 108 Å². The van der Waals surface area contributed by atoms with Gasteiger partial charge in [0.1, 0.15) is 0 Å². The highest BCUT2D eigenvalue weighted by Gasteiger charge is 2.24. The second-order valence-corrected chi connectivity index (χ2v) is 4.29. The molecule has 21 heavy (non-hydrogen) atoms. The van der Waals surface area contributed by atoms with E-state index in [1.807, 2.05) is 0 Å². The Morgan fingerprint density at radius 2 is 2.00 bits per heavy atom. The van der Waals surface area contributed by atoms with E-state index in [0.717, 1.165) is 0 Å². The van der Waals surface area contributed by atoms with E-state index in [2.05, 4.69) is 10.1 Å². The summed E-state index contributed by atoms with van der Waals surface area (Å²) in [6.45, 7) is 0. The number of rotatable bonds is 3. The number of nitrogens with two attached hydrogens (primary N) is 1. The molecule has 0 aliphatic heterocycles. The molecule has 0 bridgehead atoms. The van der Waals surface area contributed by atoms with Crippen molar-refractivity contribution >= 4 is 11.5 Å². The Morgan fingerprint density at radius 1 is 1.19 bits per heavy atom. The van der Waals surface area contributed by atoms with Gasteiger partial charge in [-0.25, -0.2) is 0 Å². The van der Waals surface area contributed by atoms with Gasteiger partial charge in [-0.3, -0.25) is 15.1 Å². The van der Waals surface area contributed by atoms with Crippen molar-refractivity contribution in [3.05, 3.63) is 58.9 Å². The highest BCUT2D eigenvalue weighted by Crippen LogP contribution is 2.39. The second kappa shape index (κ2) is 5.04. The van der Waals surface area contributed by atoms with Crippen molar-refractivity contribution in [2.45, 2.75) is 0 Å². The highest BCUT2D eigenvalue weighted by molar-refractivity contribution is 5.88. The van der Waals surface area contributed by atoms with Crippen molar-refractivity contribution in [2.24, 2.45) is 0 Å². The Kier molecular flexibility index (Phi) is 3.07. The second-order valence-electron chi connectivity index (χ2n) is 4.29. The maximum atomic E-state index is 11.1. The van der Waals surface area contributed by atoms with Gasteiger partial charge in [-0.2, -0.15) is 0 Å². The number of hydrogen-bond donors (Lipinski definition) is 1. The third-order valence-electron chi connectivity index (χ3n) is 3.01. The molecular weight excluding hydrogens is 272 g/mol. The summed E-state index contributed by atoms with van der Waals surface area (Å²) in [5.74, 6) is 0.420. The normalized spacial score (nSPS) is 10.5. The predicted octanol–water partition coefficient (Wildman–Crippen LogP) is 2.89. The molecule has 7 heteroatoms. The molecule has 0 aliphatic carbocycles. The van der Waals surface area contributed by atoms with Crippen molar-refractivity contribution in [1.29, 1.82) is 0 Å². The van der Waals surface area contributed by atoms with Crippen LogP contribution < -0.4 is 5.73 Å². The minimum atomic E-state index is -0.471. The fourth-order valence-corrected chi connectivity index (χ4v) is 2.10. The molecule has 104 valence electrons. The lowest BCUT2D eigenvalue weighted by molar-refractivity contribution is -0.384. The van der Waals surface area contributed by atoms with Crippen molar-refractivity contribution in [2.75, 3.05) is 5.73 Å². The van der Waals surface area contributed by atoms with E-state index >= 15 is 0 Å². The third kappa shape index (κ3) is 2.20. The SMILES string of the molecule is Nc1noc(-c2ccccc2[N+](=O)[O-])c1-c1cccnc1. The average molecular weight is 282 g/mol. The Hall–Kier alpha value is -3.22. The summed E-state index contributed by atoms with van der Waals surface area (Å²) < 4.78 is 5.22. The number of nitro benzene ring substituents is 1. The summed E-state index contributed by atoms with van der Waals surface area (Å²) in [6, 6.07) is 9.80. The molecule has 0 spiro atoms. The summed E-state index contributed by atoms with van der Waals surface area (Å²) in [4.78, 5) is 14.7. The molecule has 2 N–H and O–H groups in total. The highest BCUT2D eigenvalue weighted by atomic mass is 16.6. The fourth-order valence-electron chi connectivity index (χ4n) is 2.10. The van der Waals surface area contributed by atoms with Gasteiger partial charge in [0.2, 0.25) is 0 Å². The Balaban J connectivity index is 2.25. The molecule has 2 aromatic heterocycles. The lowest BCUT2D eigenvalue weighted by Gasteiger charge is -2.03. The zero-order valence-corrected chi connectivity index (χ0v) is 10.8. The molecule has 3 aromatic rings. The molecule has 0 atom stereocenters. The fraction of sp³-hybridized carbons (Fsp3) is 0. The number of pyridine rings is 1. The molecule has 0 unspecified atom stereocenters. The van der Waals surface area contributed by atoms with E-state index in [0.29, 0.717) is 16.7 Å². The molecule has 0 amide bonds. The number of anilines is 1. The first-order valence-corrected chi connectivity index (χ1v) is 6.08. The standard InChI is InChI=1S/C14H10N4O3/c15-14-12(9-4-3-7-16-8-9)13(21-17-14)10-5-1-2-6-11(10)18(19)20/h1-8H,(H2,15,17). The largest absolute Gasteiger partial charge is 0.380 e. The summed E-state index contributed by atoms with van der Waals surface area (Å²) in [6.07, 6.45) is 3.22. The average Bonchev–Trinajstić information content (AvgIpc) is 2.89. The molecule has 3 rings (SSSR count). The van der Waals surface area contributed by atoms with Crippen LogP contribution in [0.25, 0.3) is 22.5 Å². The van der Waals surface area contributed by atoms with Crippen LogP contribution in [0.4, 0.5) is 11.5 Å². The van der Waals surface area contributed by atoms with E-state index in [1.54, 1.807) is 42.7 Å². The molecule has 2 heterocycles. The number of para-hydroxylation sites is 1. The van der Waals surface area contributed by atoms with Crippen LogP contribution in [0.3, 0.4) is 0 Å². The number of aromatic nitrogens is 2. The number of nitrogen functional groups attached to an aromatic ring is 1. The van der Waals surface area contributed by atoms with Crippen LogP contribution in [0.2, 0.25) is 0 Å². The van der Waals surface area contributed by atoms with Crippen molar-refractivity contribution in [3.63, 3.8) is 0 Å². The van der Waals surface area contributed by atoms with Gasteiger partial charge in [0.25, 0.3) is 5.69 Å². The van der Waals surface area contributed by atoms with Gasteiger partial charge in [0.05, 0.1) is 16.1 Å². The lowest BCUT2D eigenvalue weighted by Crippen LogP contribution is -1.93. The van der Waals surface area contributed by atoms with Gasteiger partial charge in [0.15, 0.2) is 11.6 Å². The maximum absolute atomic E-state index is 11.1. The molecule has 0 saturated carbocycles. The minimum absolute atomic E-state index is 0.0706. The first-order valence-electron chi connectivity index (χ1n) is 6.08. The van der Waals surface area contributed by atoms with E-state index in [9.17, 15) is 10.1 Å². The van der Waals surface area contributed by atoms with E-state index in [4.69, 9.17) is 10.3 Å². The summed E-state index contributed by atoms with van der Waals surface area (Å²) in [5, 5.41) is 14.9. The van der Waals surface area contributed by atoms with Crippen LogP contribution in [-0.2, 0) is 0 Å². The number of hydrogen-bond acceptors (Lipinski definition) is 6. The van der Waals surface area contributed by atoms with Crippen molar-refractivity contribution < 1.29 is 9.45 Å². The van der Waals surface area contributed by atoms with Crippen LogP contribution in [0.15, 0.2) is 53.3 Å². The number of nitrogens with zero attached hydrogens (tertiary/aromatic N) is 3. The molecule has 0 saturated heterocycles. The molecule has 7 nitrogen and oxygen atoms in total. The lowest BCUT2D eigenvalue weighted by atomic mass is 10.0. The van der Waals surface area contributed by atoms with Crippen LogP contribution in [0.5, 0.6) is 0 Å². The Labute approximate surface area is 119 Å². The van der Waals surface area contributed by atoms with Crippen molar-refractivity contribution in [1.82, 2.24) is 10.1 Å². The predicted molar refractivity (Wildman–Crippen MR) is 76.2 cm³/mol. The summed E-state index contributed by atoms with van der Waals surface area (Å²) >= 11 is 0. The number of benzene rings is 1. The van der Waals surface area contributed by atoms with Crippen LogP contribution in [-0.4, -0.2) is 15.1 Å². The van der Waals surface area contributed by atoms with Crippen LogP contribution in [0, 0.1) is 10.1 Å². The van der Waals surface area contributed by atoms with E-state index < -0.39 is 4.92 Å². The van der Waals surface area contributed by atoms with Gasteiger partial charge < -0.3 is 10.3 Å². The first kappa shape index (κ1) is 12.8. The quantitative estimate of drug-likeness (QED) is 0.584. The Bertz CT molecular complexity index is 799. The van der Waals surface area contributed by atoms with Crippen LogP contribution in [0.1, 0.15) is 0 Å². The zero-order chi connectivity index (χ0) is 14.8. The van der Waals surface area contributed by atoms with Gasteiger partial charge >= 0.3 is 0 Å².